The van der Waals surface area contributed by atoms with Gasteiger partial charge in [-0.25, -0.2) is 0 Å². The molecule has 0 heterocycles. The first-order valence-corrected chi connectivity index (χ1v) is 14.6. The molecular weight excluding hydrogens is 452 g/mol. The molecule has 5 heteroatoms. The minimum absolute atomic E-state index is 0.0722. The molecule has 0 aromatic carbocycles. The highest BCUT2D eigenvalue weighted by atomic mass is 16.5. The molecule has 0 aliphatic heterocycles. The molecule has 4 aliphatic carbocycles. The van der Waals surface area contributed by atoms with Gasteiger partial charge in [-0.05, 0) is 103 Å². The van der Waals surface area contributed by atoms with Crippen molar-refractivity contribution in [2.24, 2.45) is 58.2 Å². The van der Waals surface area contributed by atoms with E-state index < -0.39 is 11.5 Å². The third-order valence-corrected chi connectivity index (χ3v) is 11.6. The molecule has 4 aliphatic rings. The van der Waals surface area contributed by atoms with Crippen molar-refractivity contribution in [1.82, 2.24) is 0 Å². The van der Waals surface area contributed by atoms with E-state index in [1.165, 1.54) is 13.3 Å². The first-order chi connectivity index (χ1) is 16.8. The van der Waals surface area contributed by atoms with Gasteiger partial charge in [-0.3, -0.25) is 9.59 Å². The second-order valence-corrected chi connectivity index (χ2v) is 13.7. The molecule has 0 aromatic heterocycles. The van der Waals surface area contributed by atoms with E-state index >= 15 is 0 Å². The van der Waals surface area contributed by atoms with Crippen LogP contribution in [0.3, 0.4) is 0 Å². The minimum Gasteiger partial charge on any atom is -0.463 e. The highest BCUT2D eigenvalue weighted by Gasteiger charge is 2.59. The Morgan fingerprint density at radius 3 is 2.42 bits per heavy atom. The third-order valence-electron chi connectivity index (χ3n) is 11.6. The molecule has 0 bridgehead atoms. The lowest BCUT2D eigenvalue weighted by Crippen LogP contribution is -2.52. The molecule has 3 saturated carbocycles. The zero-order valence-electron chi connectivity index (χ0n) is 23.6. The predicted molar refractivity (Wildman–Crippen MR) is 141 cm³/mol. The molecule has 5 nitrogen and oxygen atoms in total. The van der Waals surface area contributed by atoms with Crippen molar-refractivity contribution in [3.63, 3.8) is 0 Å². The normalized spacial score (nSPS) is 44.1. The molecule has 0 amide bonds. The van der Waals surface area contributed by atoms with Crippen LogP contribution in [-0.2, 0) is 14.3 Å². The summed E-state index contributed by atoms with van der Waals surface area (Å²) in [5.74, 6) is 3.73. The summed E-state index contributed by atoms with van der Waals surface area (Å²) in [6.07, 6.45) is 6.75. The fourth-order valence-electron chi connectivity index (χ4n) is 8.90. The second kappa shape index (κ2) is 10.2. The number of ketones is 1. The summed E-state index contributed by atoms with van der Waals surface area (Å²) in [6, 6.07) is 0. The second-order valence-electron chi connectivity index (χ2n) is 13.7. The summed E-state index contributed by atoms with van der Waals surface area (Å²) in [4.78, 5) is 25.6. The van der Waals surface area contributed by atoms with Crippen LogP contribution in [-0.4, -0.2) is 40.8 Å². The Labute approximate surface area is 218 Å². The Balaban J connectivity index is 1.57. The van der Waals surface area contributed by atoms with E-state index in [1.54, 1.807) is 0 Å². The molecule has 0 spiro atoms. The molecule has 2 N–H and O–H groups in total. The van der Waals surface area contributed by atoms with E-state index in [4.69, 9.17) is 4.74 Å². The van der Waals surface area contributed by atoms with Crippen molar-refractivity contribution in [2.45, 2.75) is 106 Å². The maximum Gasteiger partial charge on any atom is 0.302 e. The fraction of sp³-hybridized carbons (Fsp3) is 0.871. The summed E-state index contributed by atoms with van der Waals surface area (Å²) in [5, 5.41) is 21.4. The lowest BCUT2D eigenvalue weighted by molar-refractivity contribution is -0.155. The van der Waals surface area contributed by atoms with E-state index in [0.717, 1.165) is 36.2 Å². The number of hydrogen-bond donors (Lipinski definition) is 2. The van der Waals surface area contributed by atoms with Crippen LogP contribution in [0.5, 0.6) is 0 Å². The SMILES string of the molecule is CC(=O)OC1CCC2(C)C(=O)C(C3CCC(C(C)C4CC4C(C)C(C)C)C3(C)CCO)=CC(O)C2C1. The van der Waals surface area contributed by atoms with E-state index in [1.807, 2.05) is 13.0 Å². The van der Waals surface area contributed by atoms with Gasteiger partial charge >= 0.3 is 5.97 Å². The Hall–Kier alpha value is -1.20. The number of carbonyl (C=O) groups is 2. The average molecular weight is 503 g/mol. The summed E-state index contributed by atoms with van der Waals surface area (Å²) in [6.45, 7) is 15.3. The van der Waals surface area contributed by atoms with Gasteiger partial charge < -0.3 is 14.9 Å². The van der Waals surface area contributed by atoms with Crippen molar-refractivity contribution in [3.05, 3.63) is 11.6 Å². The van der Waals surface area contributed by atoms with Gasteiger partial charge in [-0.15, -0.1) is 0 Å². The van der Waals surface area contributed by atoms with Gasteiger partial charge in [0.25, 0.3) is 0 Å². The number of allylic oxidation sites excluding steroid dienone is 1. The number of carbonyl (C=O) groups excluding carboxylic acids is 2. The number of aliphatic hydroxyl groups excluding tert-OH is 2. The number of ether oxygens (including phenoxy) is 1. The number of fused-ring (bicyclic) bond motifs is 1. The van der Waals surface area contributed by atoms with Crippen LogP contribution in [0, 0.1) is 58.2 Å². The van der Waals surface area contributed by atoms with Crippen molar-refractivity contribution in [3.8, 4) is 0 Å². The molecule has 4 rings (SSSR count). The molecule has 36 heavy (non-hydrogen) atoms. The van der Waals surface area contributed by atoms with E-state index in [9.17, 15) is 19.8 Å². The highest BCUT2D eigenvalue weighted by Crippen LogP contribution is 2.63. The Morgan fingerprint density at radius 1 is 1.11 bits per heavy atom. The Morgan fingerprint density at radius 2 is 1.81 bits per heavy atom. The predicted octanol–water partition coefficient (Wildman–Crippen LogP) is 5.57. The molecule has 0 saturated heterocycles. The summed E-state index contributed by atoms with van der Waals surface area (Å²) >= 11 is 0. The van der Waals surface area contributed by atoms with Gasteiger partial charge in [-0.2, -0.15) is 0 Å². The monoisotopic (exact) mass is 502 g/mol. The van der Waals surface area contributed by atoms with Crippen LogP contribution in [0.15, 0.2) is 11.6 Å². The van der Waals surface area contributed by atoms with Gasteiger partial charge in [0.1, 0.15) is 6.10 Å². The number of hydrogen-bond acceptors (Lipinski definition) is 5. The lowest BCUT2D eigenvalue weighted by atomic mass is 9.55. The van der Waals surface area contributed by atoms with Crippen molar-refractivity contribution in [1.29, 1.82) is 0 Å². The van der Waals surface area contributed by atoms with Gasteiger partial charge in [0.05, 0.1) is 6.10 Å². The molecule has 0 radical (unpaired) electrons. The smallest absolute Gasteiger partial charge is 0.302 e. The van der Waals surface area contributed by atoms with Gasteiger partial charge in [0, 0.05) is 24.9 Å². The van der Waals surface area contributed by atoms with E-state index in [-0.39, 0.29) is 41.7 Å². The number of Topliss-reactive ketones (excluding diaryl/α,β-unsaturated/α-hetero) is 1. The van der Waals surface area contributed by atoms with Crippen LogP contribution >= 0.6 is 0 Å². The molecule has 204 valence electrons. The highest BCUT2D eigenvalue weighted by molar-refractivity contribution is 6.01. The summed E-state index contributed by atoms with van der Waals surface area (Å²) < 4.78 is 5.46. The first-order valence-electron chi connectivity index (χ1n) is 14.6. The van der Waals surface area contributed by atoms with Crippen LogP contribution < -0.4 is 0 Å². The molecular formula is C31H50O5. The minimum atomic E-state index is -0.712. The third kappa shape index (κ3) is 4.72. The average Bonchev–Trinajstić information content (AvgIpc) is 3.53. The standard InChI is InChI=1S/C31H50O5/c1-17(2)18(3)22-15-23(22)19(4)25-8-9-26(30(25,6)12-13-32)24-16-28(34)27-14-21(36-20(5)33)10-11-31(27,7)29(24)35/h16-19,21-23,25-28,32,34H,8-15H2,1-7H3. The van der Waals surface area contributed by atoms with Crippen LogP contribution in [0.1, 0.15) is 93.4 Å². The lowest BCUT2D eigenvalue weighted by Gasteiger charge is -2.49. The number of aliphatic hydroxyl groups is 2. The van der Waals surface area contributed by atoms with Crippen molar-refractivity contribution >= 4 is 11.8 Å². The van der Waals surface area contributed by atoms with Gasteiger partial charge in [0.15, 0.2) is 5.78 Å². The molecule has 0 aromatic rings. The van der Waals surface area contributed by atoms with E-state index in [2.05, 4.69) is 34.6 Å². The van der Waals surface area contributed by atoms with Crippen LogP contribution in [0.25, 0.3) is 0 Å². The zero-order valence-corrected chi connectivity index (χ0v) is 23.6. The van der Waals surface area contributed by atoms with Crippen molar-refractivity contribution < 1.29 is 24.5 Å². The molecule has 11 unspecified atom stereocenters. The number of rotatable bonds is 8. The summed E-state index contributed by atoms with van der Waals surface area (Å²) in [5.41, 5.74) is 0.0284. The van der Waals surface area contributed by atoms with Crippen LogP contribution in [0.4, 0.5) is 0 Å². The first kappa shape index (κ1) is 27.8. The zero-order chi connectivity index (χ0) is 26.6. The van der Waals surface area contributed by atoms with Crippen LogP contribution in [0.2, 0.25) is 0 Å². The van der Waals surface area contributed by atoms with Gasteiger partial charge in [0.2, 0.25) is 0 Å². The topological polar surface area (TPSA) is 83.8 Å². The molecule has 11 atom stereocenters. The van der Waals surface area contributed by atoms with Gasteiger partial charge in [-0.1, -0.05) is 41.5 Å². The quantitative estimate of drug-likeness (QED) is 0.424. The van der Waals surface area contributed by atoms with E-state index in [0.29, 0.717) is 43.4 Å². The fourth-order valence-corrected chi connectivity index (χ4v) is 8.90. The largest absolute Gasteiger partial charge is 0.463 e. The Bertz CT molecular complexity index is 878. The summed E-state index contributed by atoms with van der Waals surface area (Å²) in [7, 11) is 0. The van der Waals surface area contributed by atoms with Crippen molar-refractivity contribution in [2.75, 3.05) is 6.61 Å². The maximum absolute atomic E-state index is 14.1. The maximum atomic E-state index is 14.1. The Kier molecular flexibility index (Phi) is 7.86. The number of esters is 1. The molecule has 3 fully saturated rings.